The molecule has 24 heavy (non-hydrogen) atoms. The van der Waals surface area contributed by atoms with Crippen LogP contribution in [0.5, 0.6) is 0 Å². The fourth-order valence-electron chi connectivity index (χ4n) is 3.39. The van der Waals surface area contributed by atoms with E-state index < -0.39 is 0 Å². The lowest BCUT2D eigenvalue weighted by Crippen LogP contribution is -2.70. The third kappa shape index (κ3) is 2.24. The molecule has 0 saturated carbocycles. The third-order valence-electron chi connectivity index (χ3n) is 4.96. The van der Waals surface area contributed by atoms with Crippen molar-refractivity contribution >= 4 is 11.9 Å². The van der Waals surface area contributed by atoms with Gasteiger partial charge in [-0.2, -0.15) is 0 Å². The van der Waals surface area contributed by atoms with Gasteiger partial charge in [0.2, 0.25) is 5.91 Å². The minimum absolute atomic E-state index is 0.0450. The molecule has 1 aromatic carbocycles. The van der Waals surface area contributed by atoms with Gasteiger partial charge in [-0.15, -0.1) is 0 Å². The molecule has 7 nitrogen and oxygen atoms in total. The Balaban J connectivity index is 1.44. The molecule has 2 aliphatic rings. The van der Waals surface area contributed by atoms with Crippen LogP contribution < -0.4 is 5.32 Å². The first kappa shape index (κ1) is 14.7. The van der Waals surface area contributed by atoms with Gasteiger partial charge in [0, 0.05) is 44.6 Å². The molecule has 0 radical (unpaired) electrons. The number of aromatic nitrogens is 2. The van der Waals surface area contributed by atoms with Crippen LogP contribution >= 0.6 is 0 Å². The molecule has 4 rings (SSSR count). The summed E-state index contributed by atoms with van der Waals surface area (Å²) in [7, 11) is 1.79. The Morgan fingerprint density at radius 2 is 2.04 bits per heavy atom. The van der Waals surface area contributed by atoms with Gasteiger partial charge in [-0.25, -0.2) is 9.78 Å². The molecule has 3 amide bonds. The van der Waals surface area contributed by atoms with E-state index in [1.165, 1.54) is 0 Å². The lowest BCUT2D eigenvalue weighted by atomic mass is 9.89. The van der Waals surface area contributed by atoms with Crippen LogP contribution in [0.25, 0.3) is 11.4 Å². The zero-order valence-electron chi connectivity index (χ0n) is 13.5. The second-order valence-corrected chi connectivity index (χ2v) is 6.44. The molecule has 0 bridgehead atoms. The topological polar surface area (TPSA) is 70.5 Å². The number of urea groups is 1. The number of hydrogen-bond donors (Lipinski definition) is 1. The number of likely N-dealkylation sites (N-methyl/N-ethyl adjacent to an activating group) is 1. The Hall–Kier alpha value is -2.83. The van der Waals surface area contributed by atoms with Crippen molar-refractivity contribution in [2.45, 2.75) is 12.1 Å². The Kier molecular flexibility index (Phi) is 3.30. The van der Waals surface area contributed by atoms with Crippen LogP contribution in [-0.4, -0.2) is 63.5 Å². The van der Waals surface area contributed by atoms with Crippen molar-refractivity contribution < 1.29 is 9.59 Å². The predicted molar refractivity (Wildman–Crippen MR) is 88.1 cm³/mol. The largest absolute Gasteiger partial charge is 0.336 e. The van der Waals surface area contributed by atoms with Crippen LogP contribution in [-0.2, 0) is 11.3 Å². The van der Waals surface area contributed by atoms with Gasteiger partial charge in [0.25, 0.3) is 0 Å². The monoisotopic (exact) mass is 325 g/mol. The Bertz CT molecular complexity index is 779. The van der Waals surface area contributed by atoms with E-state index in [0.29, 0.717) is 19.6 Å². The van der Waals surface area contributed by atoms with Gasteiger partial charge in [0.05, 0.1) is 5.54 Å². The molecule has 3 heterocycles. The Morgan fingerprint density at radius 3 is 2.71 bits per heavy atom. The summed E-state index contributed by atoms with van der Waals surface area (Å²) in [6, 6.07) is 9.75. The molecule has 1 N–H and O–H groups in total. The number of amides is 3. The SMILES string of the molecule is CN1C(=O)NCC12CN(C(=O)Cn1ccnc1-c1ccccc1)C2. The summed E-state index contributed by atoms with van der Waals surface area (Å²) in [4.78, 5) is 32.0. The van der Waals surface area contributed by atoms with Crippen molar-refractivity contribution in [3.8, 4) is 11.4 Å². The van der Waals surface area contributed by atoms with Crippen LogP contribution in [0.15, 0.2) is 42.7 Å². The molecule has 2 saturated heterocycles. The Labute approximate surface area is 139 Å². The minimum atomic E-state index is -0.232. The molecule has 0 aliphatic carbocycles. The van der Waals surface area contributed by atoms with Gasteiger partial charge in [-0.05, 0) is 0 Å². The van der Waals surface area contributed by atoms with E-state index in [4.69, 9.17) is 0 Å². The number of likely N-dealkylation sites (tertiary alicyclic amines) is 1. The van der Waals surface area contributed by atoms with Crippen LogP contribution in [0.2, 0.25) is 0 Å². The molecule has 2 aliphatic heterocycles. The molecule has 1 aromatic heterocycles. The van der Waals surface area contributed by atoms with Crippen molar-refractivity contribution in [2.75, 3.05) is 26.7 Å². The summed E-state index contributed by atoms with van der Waals surface area (Å²) in [6.07, 6.45) is 3.53. The first-order valence-electron chi connectivity index (χ1n) is 7.95. The summed E-state index contributed by atoms with van der Waals surface area (Å²) in [5.74, 6) is 0.831. The van der Waals surface area contributed by atoms with Gasteiger partial charge in [-0.3, -0.25) is 4.79 Å². The second-order valence-electron chi connectivity index (χ2n) is 6.44. The summed E-state index contributed by atoms with van der Waals surface area (Å²) in [5.41, 5.74) is 0.755. The van der Waals surface area contributed by atoms with Crippen LogP contribution in [0.1, 0.15) is 0 Å². The highest BCUT2D eigenvalue weighted by Crippen LogP contribution is 2.30. The number of benzene rings is 1. The lowest BCUT2D eigenvalue weighted by molar-refractivity contribution is -0.142. The first-order chi connectivity index (χ1) is 11.6. The third-order valence-corrected chi connectivity index (χ3v) is 4.96. The summed E-state index contributed by atoms with van der Waals surface area (Å²) >= 11 is 0. The summed E-state index contributed by atoms with van der Waals surface area (Å²) in [6.45, 7) is 2.02. The van der Waals surface area contributed by atoms with E-state index in [-0.39, 0.29) is 24.0 Å². The minimum Gasteiger partial charge on any atom is -0.336 e. The number of carbonyl (C=O) groups is 2. The number of imidazole rings is 1. The van der Waals surface area contributed by atoms with E-state index in [1.807, 2.05) is 41.1 Å². The molecular weight excluding hydrogens is 306 g/mol. The number of nitrogens with zero attached hydrogens (tertiary/aromatic N) is 4. The fourth-order valence-corrected chi connectivity index (χ4v) is 3.39. The lowest BCUT2D eigenvalue weighted by Gasteiger charge is -2.50. The average Bonchev–Trinajstić information content (AvgIpc) is 3.13. The van der Waals surface area contributed by atoms with Crippen LogP contribution in [0, 0.1) is 0 Å². The van der Waals surface area contributed by atoms with Crippen molar-refractivity contribution in [1.29, 1.82) is 0 Å². The van der Waals surface area contributed by atoms with Crippen molar-refractivity contribution in [3.63, 3.8) is 0 Å². The maximum Gasteiger partial charge on any atom is 0.317 e. The zero-order valence-corrected chi connectivity index (χ0v) is 13.5. The molecular formula is C17H19N5O2. The number of carbonyl (C=O) groups excluding carboxylic acids is 2. The van der Waals surface area contributed by atoms with E-state index in [1.54, 1.807) is 23.0 Å². The molecule has 1 spiro atoms. The molecule has 7 heteroatoms. The first-order valence-corrected chi connectivity index (χ1v) is 7.95. The highest BCUT2D eigenvalue weighted by atomic mass is 16.2. The van der Waals surface area contributed by atoms with Gasteiger partial charge < -0.3 is 19.7 Å². The van der Waals surface area contributed by atoms with E-state index in [9.17, 15) is 9.59 Å². The maximum atomic E-state index is 12.6. The highest BCUT2D eigenvalue weighted by molar-refractivity contribution is 5.81. The second kappa shape index (κ2) is 5.36. The fraction of sp³-hybridized carbons (Fsp3) is 0.353. The van der Waals surface area contributed by atoms with E-state index in [2.05, 4.69) is 10.3 Å². The Morgan fingerprint density at radius 1 is 1.29 bits per heavy atom. The smallest absolute Gasteiger partial charge is 0.317 e. The zero-order chi connectivity index (χ0) is 16.7. The quantitative estimate of drug-likeness (QED) is 0.907. The van der Waals surface area contributed by atoms with Crippen molar-refractivity contribution in [2.24, 2.45) is 0 Å². The van der Waals surface area contributed by atoms with Crippen molar-refractivity contribution in [3.05, 3.63) is 42.7 Å². The van der Waals surface area contributed by atoms with Crippen LogP contribution in [0.4, 0.5) is 4.79 Å². The average molecular weight is 325 g/mol. The number of rotatable bonds is 3. The van der Waals surface area contributed by atoms with E-state index in [0.717, 1.165) is 11.4 Å². The predicted octanol–water partition coefficient (Wildman–Crippen LogP) is 0.786. The molecule has 0 unspecified atom stereocenters. The molecule has 0 atom stereocenters. The highest BCUT2D eigenvalue weighted by Gasteiger charge is 2.53. The van der Waals surface area contributed by atoms with Crippen LogP contribution in [0.3, 0.4) is 0 Å². The normalized spacial score (nSPS) is 18.6. The molecule has 124 valence electrons. The summed E-state index contributed by atoms with van der Waals surface area (Å²) < 4.78 is 1.87. The van der Waals surface area contributed by atoms with Gasteiger partial charge in [0.1, 0.15) is 12.4 Å². The maximum absolute atomic E-state index is 12.6. The van der Waals surface area contributed by atoms with Crippen molar-refractivity contribution in [1.82, 2.24) is 24.7 Å². The van der Waals surface area contributed by atoms with Gasteiger partial charge in [0.15, 0.2) is 0 Å². The molecule has 2 fully saturated rings. The van der Waals surface area contributed by atoms with Gasteiger partial charge >= 0.3 is 6.03 Å². The number of hydrogen-bond acceptors (Lipinski definition) is 3. The number of nitrogens with one attached hydrogen (secondary N) is 1. The van der Waals surface area contributed by atoms with E-state index >= 15 is 0 Å². The standard InChI is InChI=1S/C17H19N5O2/c1-20-16(24)19-10-17(20)11-22(12-17)14(23)9-21-8-7-18-15(21)13-5-3-2-4-6-13/h2-8H,9-12H2,1H3,(H,19,24). The summed E-state index contributed by atoms with van der Waals surface area (Å²) in [5, 5.41) is 2.83. The molecule has 2 aromatic rings. The van der Waals surface area contributed by atoms with Gasteiger partial charge in [-0.1, -0.05) is 30.3 Å².